The number of benzene rings is 1. The van der Waals surface area contributed by atoms with Crippen LogP contribution in [0.1, 0.15) is 42.2 Å². The van der Waals surface area contributed by atoms with Gasteiger partial charge in [-0.05, 0) is 42.7 Å². The Morgan fingerprint density at radius 2 is 1.85 bits per heavy atom. The second-order valence-corrected chi connectivity index (χ2v) is 6.82. The zero-order valence-electron chi connectivity index (χ0n) is 12.7. The molecule has 0 aliphatic rings. The first kappa shape index (κ1) is 15.3. The Balaban J connectivity index is 2.01. The Labute approximate surface area is 127 Å². The van der Waals surface area contributed by atoms with Crippen LogP contribution in [0, 0.1) is 6.92 Å². The van der Waals surface area contributed by atoms with Crippen molar-refractivity contribution in [2.45, 2.75) is 45.6 Å². The molecule has 0 bridgehead atoms. The van der Waals surface area contributed by atoms with Crippen molar-refractivity contribution < 1.29 is 0 Å². The first-order valence-electron chi connectivity index (χ1n) is 7.47. The highest BCUT2D eigenvalue weighted by Gasteiger charge is 2.12. The maximum absolute atomic E-state index is 3.59. The van der Waals surface area contributed by atoms with Crippen LogP contribution in [0.4, 0.5) is 0 Å². The van der Waals surface area contributed by atoms with E-state index in [1.165, 1.54) is 28.8 Å². The van der Waals surface area contributed by atoms with Gasteiger partial charge in [-0.15, -0.1) is 11.3 Å². The summed E-state index contributed by atoms with van der Waals surface area (Å²) in [6, 6.07) is 14.0. The Morgan fingerprint density at radius 1 is 1.10 bits per heavy atom. The van der Waals surface area contributed by atoms with Gasteiger partial charge in [0.25, 0.3) is 0 Å². The summed E-state index contributed by atoms with van der Waals surface area (Å²) in [5.74, 6) is 0.597. The van der Waals surface area contributed by atoms with Gasteiger partial charge >= 0.3 is 0 Å². The Bertz CT molecular complexity index is 485. The molecule has 2 heteroatoms. The second-order valence-electron chi connectivity index (χ2n) is 5.79. The highest BCUT2D eigenvalue weighted by atomic mass is 32.1. The molecule has 108 valence electrons. The van der Waals surface area contributed by atoms with E-state index in [2.05, 4.69) is 67.9 Å². The average molecular weight is 287 g/mol. The third kappa shape index (κ3) is 4.77. The topological polar surface area (TPSA) is 12.0 Å². The van der Waals surface area contributed by atoms with Crippen molar-refractivity contribution in [1.82, 2.24) is 5.32 Å². The fraction of sp³-hybridized carbons (Fsp3) is 0.444. The lowest BCUT2D eigenvalue weighted by molar-refractivity contribution is 0.509. The summed E-state index contributed by atoms with van der Waals surface area (Å²) in [5, 5.41) is 5.76. The number of thiophene rings is 1. The minimum Gasteiger partial charge on any atom is -0.314 e. The normalized spacial score (nSPS) is 12.8. The summed E-state index contributed by atoms with van der Waals surface area (Å²) in [6.45, 7) is 7.64. The molecule has 2 rings (SSSR count). The summed E-state index contributed by atoms with van der Waals surface area (Å²) < 4.78 is 0. The highest BCUT2D eigenvalue weighted by molar-refractivity contribution is 7.09. The first-order valence-corrected chi connectivity index (χ1v) is 8.35. The number of rotatable bonds is 7. The van der Waals surface area contributed by atoms with E-state index in [1.807, 2.05) is 11.3 Å². The van der Waals surface area contributed by atoms with Crippen molar-refractivity contribution in [2.75, 3.05) is 6.54 Å². The summed E-state index contributed by atoms with van der Waals surface area (Å²) in [5.41, 5.74) is 2.79. The third-order valence-electron chi connectivity index (χ3n) is 3.64. The van der Waals surface area contributed by atoms with Gasteiger partial charge in [-0.1, -0.05) is 49.7 Å². The molecule has 1 unspecified atom stereocenters. The van der Waals surface area contributed by atoms with Crippen LogP contribution in [0.25, 0.3) is 0 Å². The Hall–Kier alpha value is -1.12. The predicted octanol–water partition coefficient (Wildman–Crippen LogP) is 4.77. The molecule has 0 amide bonds. The molecule has 1 heterocycles. The van der Waals surface area contributed by atoms with Gasteiger partial charge in [0.2, 0.25) is 0 Å². The maximum atomic E-state index is 3.59. The lowest BCUT2D eigenvalue weighted by atomic mass is 9.93. The van der Waals surface area contributed by atoms with Crippen LogP contribution in [0.15, 0.2) is 41.8 Å². The number of hydrogen-bond donors (Lipinski definition) is 1. The number of aryl methyl sites for hydroxylation is 2. The monoisotopic (exact) mass is 287 g/mol. The highest BCUT2D eigenvalue weighted by Crippen LogP contribution is 2.23. The van der Waals surface area contributed by atoms with Gasteiger partial charge in [-0.25, -0.2) is 0 Å². The Kier molecular flexibility index (Phi) is 5.81. The van der Waals surface area contributed by atoms with Crippen molar-refractivity contribution in [3.8, 4) is 0 Å². The van der Waals surface area contributed by atoms with E-state index in [1.54, 1.807) is 0 Å². The second kappa shape index (κ2) is 7.61. The summed E-state index contributed by atoms with van der Waals surface area (Å²) in [7, 11) is 0. The van der Waals surface area contributed by atoms with Crippen molar-refractivity contribution in [2.24, 2.45) is 0 Å². The van der Waals surface area contributed by atoms with E-state index in [0.29, 0.717) is 12.0 Å². The summed E-state index contributed by atoms with van der Waals surface area (Å²) in [6.07, 6.45) is 2.39. The lowest BCUT2D eigenvalue weighted by Crippen LogP contribution is -2.28. The van der Waals surface area contributed by atoms with E-state index in [-0.39, 0.29) is 0 Å². The van der Waals surface area contributed by atoms with Gasteiger partial charge in [0.05, 0.1) is 0 Å². The third-order valence-corrected chi connectivity index (χ3v) is 4.58. The van der Waals surface area contributed by atoms with Gasteiger partial charge in [0.1, 0.15) is 0 Å². The largest absolute Gasteiger partial charge is 0.314 e. The number of nitrogens with one attached hydrogen (secondary N) is 1. The van der Waals surface area contributed by atoms with Gasteiger partial charge in [0, 0.05) is 17.5 Å². The van der Waals surface area contributed by atoms with Crippen LogP contribution in [0.3, 0.4) is 0 Å². The minimum atomic E-state index is 0.546. The van der Waals surface area contributed by atoms with Crippen molar-refractivity contribution in [3.63, 3.8) is 0 Å². The van der Waals surface area contributed by atoms with Gasteiger partial charge in [0.15, 0.2) is 0 Å². The molecule has 0 radical (unpaired) electrons. The molecule has 20 heavy (non-hydrogen) atoms. The molecule has 1 N–H and O–H groups in total. The summed E-state index contributed by atoms with van der Waals surface area (Å²) >= 11 is 1.87. The van der Waals surface area contributed by atoms with Gasteiger partial charge < -0.3 is 5.32 Å². The average Bonchev–Trinajstić information content (AvgIpc) is 2.93. The molecule has 1 aromatic carbocycles. The molecule has 0 spiro atoms. The van der Waals surface area contributed by atoms with E-state index in [0.717, 1.165) is 6.54 Å². The zero-order valence-corrected chi connectivity index (χ0v) is 13.5. The molecule has 0 aliphatic heterocycles. The molecule has 2 aromatic rings. The van der Waals surface area contributed by atoms with Crippen LogP contribution in [-0.2, 0) is 6.42 Å². The van der Waals surface area contributed by atoms with Crippen molar-refractivity contribution in [3.05, 3.63) is 57.8 Å². The molecular weight excluding hydrogens is 262 g/mol. The fourth-order valence-corrected chi connectivity index (χ4v) is 3.10. The van der Waals surface area contributed by atoms with E-state index in [4.69, 9.17) is 0 Å². The molecule has 0 aliphatic carbocycles. The predicted molar refractivity (Wildman–Crippen MR) is 89.7 cm³/mol. The van der Waals surface area contributed by atoms with Crippen LogP contribution < -0.4 is 5.32 Å². The maximum Gasteiger partial charge on any atom is 0.00454 e. The molecule has 0 saturated heterocycles. The van der Waals surface area contributed by atoms with Crippen LogP contribution in [-0.4, -0.2) is 12.6 Å². The summed E-state index contributed by atoms with van der Waals surface area (Å²) in [4.78, 5) is 1.49. The smallest absolute Gasteiger partial charge is 0.00454 e. The standard InChI is InChI=1S/C18H25NS/c1-14(2)19-13-17(10-11-18-5-4-12-20-18)16-8-6-15(3)7-9-16/h4-9,12,14,17,19H,10-11,13H2,1-3H3. The van der Waals surface area contributed by atoms with E-state index < -0.39 is 0 Å². The van der Waals surface area contributed by atoms with E-state index >= 15 is 0 Å². The quantitative estimate of drug-likeness (QED) is 0.773. The van der Waals surface area contributed by atoms with Crippen LogP contribution in [0.2, 0.25) is 0 Å². The molecule has 0 fully saturated rings. The number of hydrogen-bond acceptors (Lipinski definition) is 2. The SMILES string of the molecule is Cc1ccc(C(CCc2cccs2)CNC(C)C)cc1. The van der Waals surface area contributed by atoms with Gasteiger partial charge in [-0.2, -0.15) is 0 Å². The minimum absolute atomic E-state index is 0.546. The molecule has 1 aromatic heterocycles. The van der Waals surface area contributed by atoms with E-state index in [9.17, 15) is 0 Å². The zero-order chi connectivity index (χ0) is 14.4. The van der Waals surface area contributed by atoms with Gasteiger partial charge in [-0.3, -0.25) is 0 Å². The van der Waals surface area contributed by atoms with Crippen molar-refractivity contribution in [1.29, 1.82) is 0 Å². The fourth-order valence-electron chi connectivity index (χ4n) is 2.37. The lowest BCUT2D eigenvalue weighted by Gasteiger charge is -2.20. The van der Waals surface area contributed by atoms with Crippen LogP contribution in [0.5, 0.6) is 0 Å². The molecule has 0 saturated carbocycles. The molecule has 1 nitrogen and oxygen atoms in total. The Morgan fingerprint density at radius 3 is 2.45 bits per heavy atom. The first-order chi connectivity index (χ1) is 9.65. The molecular formula is C18H25NS. The van der Waals surface area contributed by atoms with Crippen molar-refractivity contribution >= 4 is 11.3 Å². The van der Waals surface area contributed by atoms with Crippen LogP contribution >= 0.6 is 11.3 Å². The molecule has 1 atom stereocenters.